The Hall–Kier alpha value is -2.54. The lowest BCUT2D eigenvalue weighted by molar-refractivity contribution is 0.0176. The fraction of sp³-hybridized carbons (Fsp3) is 0.464. The molecule has 2 fully saturated rings. The number of halogens is 1. The van der Waals surface area contributed by atoms with Gasteiger partial charge in [-0.2, -0.15) is 0 Å². The normalized spacial score (nSPS) is 21.3. The van der Waals surface area contributed by atoms with Gasteiger partial charge in [-0.3, -0.25) is 4.79 Å². The van der Waals surface area contributed by atoms with Crippen LogP contribution in [-0.4, -0.2) is 66.2 Å². The molecule has 0 radical (unpaired) electrons. The number of nitrogens with zero attached hydrogens (tertiary/aromatic N) is 2. The van der Waals surface area contributed by atoms with Crippen LogP contribution in [0.1, 0.15) is 41.8 Å². The van der Waals surface area contributed by atoms with E-state index in [1.54, 1.807) is 0 Å². The molecule has 1 spiro atoms. The topological polar surface area (TPSA) is 66.2 Å². The Morgan fingerprint density at radius 2 is 1.86 bits per heavy atom. The van der Waals surface area contributed by atoms with Gasteiger partial charge in [0, 0.05) is 41.0 Å². The highest BCUT2D eigenvalue weighted by atomic mass is 35.5. The number of benzene rings is 2. The average Bonchev–Trinajstić information content (AvgIpc) is 3.47. The van der Waals surface area contributed by atoms with Crippen molar-refractivity contribution in [3.05, 3.63) is 64.9 Å². The van der Waals surface area contributed by atoms with E-state index in [2.05, 4.69) is 11.0 Å². The number of carbonyl (C=O) groups excluding carboxylic acids is 1. The smallest absolute Gasteiger partial charge is 0.289 e. The summed E-state index contributed by atoms with van der Waals surface area (Å²) in [5.74, 6) is 1.47. The van der Waals surface area contributed by atoms with Crippen LogP contribution in [0.15, 0.2) is 52.9 Å². The number of hydrogen-bond acceptors (Lipinski definition) is 5. The van der Waals surface area contributed by atoms with Crippen molar-refractivity contribution in [3.63, 3.8) is 0 Å². The van der Waals surface area contributed by atoms with E-state index in [4.69, 9.17) is 20.8 Å². The van der Waals surface area contributed by atoms with E-state index in [-0.39, 0.29) is 23.3 Å². The highest BCUT2D eigenvalue weighted by Crippen LogP contribution is 2.46. The van der Waals surface area contributed by atoms with Crippen molar-refractivity contribution in [1.29, 1.82) is 0 Å². The monoisotopic (exact) mass is 494 g/mol. The number of rotatable bonds is 4. The van der Waals surface area contributed by atoms with Crippen LogP contribution >= 0.6 is 11.6 Å². The molecule has 1 atom stereocenters. The molecule has 2 saturated heterocycles. The Morgan fingerprint density at radius 3 is 2.63 bits per heavy atom. The van der Waals surface area contributed by atoms with E-state index in [1.165, 1.54) is 5.56 Å². The molecule has 0 unspecified atom stereocenters. The number of aliphatic hydroxyl groups excluding tert-OH is 1. The highest BCUT2D eigenvalue weighted by molar-refractivity contribution is 6.30. The number of carbonyl (C=O) groups is 1. The standard InChI is InChI=1S/C28H31ClN2O4/c29-21-5-6-22-25(16-21)34-18-28(22)9-13-30(14-10-28)17-23(32)19-7-11-31(12-8-19)27(33)26-15-20-3-1-2-4-24(20)35-26/h1-6,15-16,19,23,32H,7-14,17-18H2/t23-/m1/s1. The van der Waals surface area contributed by atoms with Crippen LogP contribution in [0.5, 0.6) is 5.75 Å². The minimum absolute atomic E-state index is 0.0594. The summed E-state index contributed by atoms with van der Waals surface area (Å²) < 4.78 is 11.7. The molecule has 35 heavy (non-hydrogen) atoms. The fourth-order valence-corrected chi connectivity index (χ4v) is 6.23. The Balaban J connectivity index is 1.00. The summed E-state index contributed by atoms with van der Waals surface area (Å²) in [7, 11) is 0. The fourth-order valence-electron chi connectivity index (χ4n) is 6.07. The molecule has 184 valence electrons. The lowest BCUT2D eigenvalue weighted by atomic mass is 9.74. The number of aliphatic hydroxyl groups is 1. The van der Waals surface area contributed by atoms with E-state index in [1.807, 2.05) is 47.4 Å². The predicted molar refractivity (Wildman–Crippen MR) is 135 cm³/mol. The molecule has 3 aliphatic rings. The van der Waals surface area contributed by atoms with E-state index in [0.29, 0.717) is 30.4 Å². The molecule has 0 bridgehead atoms. The molecule has 4 heterocycles. The molecule has 6 rings (SSSR count). The molecule has 7 heteroatoms. The van der Waals surface area contributed by atoms with Crippen molar-refractivity contribution in [3.8, 4) is 5.75 Å². The summed E-state index contributed by atoms with van der Waals surface area (Å²) >= 11 is 6.14. The van der Waals surface area contributed by atoms with E-state index in [9.17, 15) is 9.90 Å². The van der Waals surface area contributed by atoms with Crippen LogP contribution in [0.3, 0.4) is 0 Å². The molecule has 1 aromatic heterocycles. The third kappa shape index (κ3) is 4.32. The summed E-state index contributed by atoms with van der Waals surface area (Å²) in [5, 5.41) is 12.7. The van der Waals surface area contributed by atoms with Crippen molar-refractivity contribution in [2.45, 2.75) is 37.2 Å². The second-order valence-corrected chi connectivity index (χ2v) is 10.8. The van der Waals surface area contributed by atoms with Crippen LogP contribution in [0.4, 0.5) is 0 Å². The van der Waals surface area contributed by atoms with Gasteiger partial charge in [0.2, 0.25) is 0 Å². The summed E-state index contributed by atoms with van der Waals surface area (Å²) in [4.78, 5) is 17.2. The number of piperidine rings is 2. The second-order valence-electron chi connectivity index (χ2n) is 10.4. The van der Waals surface area contributed by atoms with Gasteiger partial charge < -0.3 is 24.1 Å². The molecule has 2 aromatic carbocycles. The summed E-state index contributed by atoms with van der Waals surface area (Å²) in [5.41, 5.74) is 2.09. The first-order valence-corrected chi connectivity index (χ1v) is 13.0. The van der Waals surface area contributed by atoms with Gasteiger partial charge in [-0.25, -0.2) is 0 Å². The Bertz CT molecular complexity index is 1190. The lowest BCUT2D eigenvalue weighted by Gasteiger charge is -2.41. The minimum atomic E-state index is -0.376. The van der Waals surface area contributed by atoms with Crippen molar-refractivity contribution in [2.75, 3.05) is 39.3 Å². The van der Waals surface area contributed by atoms with Crippen LogP contribution in [-0.2, 0) is 5.41 Å². The predicted octanol–water partition coefficient (Wildman–Crippen LogP) is 4.73. The van der Waals surface area contributed by atoms with E-state index < -0.39 is 0 Å². The van der Waals surface area contributed by atoms with Crippen molar-refractivity contribution in [1.82, 2.24) is 9.80 Å². The summed E-state index contributed by atoms with van der Waals surface area (Å²) in [6, 6.07) is 15.5. The zero-order chi connectivity index (χ0) is 24.0. The molecule has 3 aromatic rings. The van der Waals surface area contributed by atoms with Gasteiger partial charge in [0.25, 0.3) is 5.91 Å². The number of furan rings is 1. The number of fused-ring (bicyclic) bond motifs is 3. The van der Waals surface area contributed by atoms with Gasteiger partial charge in [-0.05, 0) is 69.0 Å². The summed E-state index contributed by atoms with van der Waals surface area (Å²) in [6.45, 7) is 4.61. The molecular weight excluding hydrogens is 464 g/mol. The maximum atomic E-state index is 12.9. The Morgan fingerprint density at radius 1 is 1.09 bits per heavy atom. The second kappa shape index (κ2) is 9.16. The van der Waals surface area contributed by atoms with Crippen molar-refractivity contribution < 1.29 is 19.1 Å². The van der Waals surface area contributed by atoms with Crippen LogP contribution in [0, 0.1) is 5.92 Å². The molecule has 6 nitrogen and oxygen atoms in total. The van der Waals surface area contributed by atoms with E-state index >= 15 is 0 Å². The van der Waals surface area contributed by atoms with Crippen LogP contribution < -0.4 is 4.74 Å². The average molecular weight is 495 g/mol. The molecule has 1 amide bonds. The first-order valence-electron chi connectivity index (χ1n) is 12.6. The van der Waals surface area contributed by atoms with Gasteiger partial charge in [-0.15, -0.1) is 0 Å². The Kier molecular flexibility index (Phi) is 5.99. The van der Waals surface area contributed by atoms with Crippen molar-refractivity contribution in [2.24, 2.45) is 5.92 Å². The number of likely N-dealkylation sites (tertiary alicyclic amines) is 2. The SMILES string of the molecule is O=C(c1cc2ccccc2o1)N1CCC([C@H](O)CN2CCC3(CC2)COc2cc(Cl)ccc23)CC1. The molecule has 3 aliphatic heterocycles. The number of para-hydroxylation sites is 1. The maximum Gasteiger partial charge on any atom is 0.289 e. The zero-order valence-corrected chi connectivity index (χ0v) is 20.5. The molecule has 1 N–H and O–H groups in total. The zero-order valence-electron chi connectivity index (χ0n) is 19.8. The van der Waals surface area contributed by atoms with Crippen molar-refractivity contribution >= 4 is 28.5 Å². The molecular formula is C28H31ClN2O4. The first kappa shape index (κ1) is 22.9. The largest absolute Gasteiger partial charge is 0.492 e. The van der Waals surface area contributed by atoms with Crippen LogP contribution in [0.2, 0.25) is 5.02 Å². The number of β-amino-alcohol motifs (C(OH)–C–C–N with tert-alkyl or cyclic N) is 1. The van der Waals surface area contributed by atoms with Gasteiger partial charge >= 0.3 is 0 Å². The lowest BCUT2D eigenvalue weighted by Crippen LogP contribution is -2.48. The van der Waals surface area contributed by atoms with Gasteiger partial charge in [0.15, 0.2) is 5.76 Å². The van der Waals surface area contributed by atoms with Gasteiger partial charge in [0.05, 0.1) is 12.7 Å². The number of ether oxygens (including phenoxy) is 1. The van der Waals surface area contributed by atoms with Crippen LogP contribution in [0.25, 0.3) is 11.0 Å². The van der Waals surface area contributed by atoms with E-state index in [0.717, 1.165) is 62.1 Å². The summed E-state index contributed by atoms with van der Waals surface area (Å²) in [6.07, 6.45) is 3.30. The van der Waals surface area contributed by atoms with Gasteiger partial charge in [0.1, 0.15) is 11.3 Å². The quantitative estimate of drug-likeness (QED) is 0.568. The third-order valence-corrected chi connectivity index (χ3v) is 8.52. The van der Waals surface area contributed by atoms with Gasteiger partial charge in [-0.1, -0.05) is 35.9 Å². The number of amides is 1. The number of hydrogen-bond donors (Lipinski definition) is 1. The maximum absolute atomic E-state index is 12.9. The molecule has 0 aliphatic carbocycles. The minimum Gasteiger partial charge on any atom is -0.492 e. The first-order chi connectivity index (χ1) is 17.0. The Labute approximate surface area is 210 Å². The highest BCUT2D eigenvalue weighted by Gasteiger charge is 2.43. The third-order valence-electron chi connectivity index (χ3n) is 8.28. The molecule has 0 saturated carbocycles.